The first kappa shape index (κ1) is 21.4. The topological polar surface area (TPSA) is 76.7 Å². The van der Waals surface area contributed by atoms with E-state index >= 15 is 0 Å². The minimum Gasteiger partial charge on any atom is -0.493 e. The van der Waals surface area contributed by atoms with Gasteiger partial charge in [0.05, 0.1) is 30.7 Å². The zero-order valence-corrected chi connectivity index (χ0v) is 17.0. The molecule has 1 atom stereocenters. The fourth-order valence-electron chi connectivity index (χ4n) is 2.43. The van der Waals surface area contributed by atoms with Gasteiger partial charge in [0, 0.05) is 11.4 Å². The van der Waals surface area contributed by atoms with Crippen LogP contribution in [0.15, 0.2) is 60.0 Å². The molecule has 2 rings (SSSR count). The van der Waals surface area contributed by atoms with E-state index in [1.807, 2.05) is 12.1 Å². The van der Waals surface area contributed by atoms with Gasteiger partial charge in [-0.2, -0.15) is 0 Å². The van der Waals surface area contributed by atoms with Crippen molar-refractivity contribution in [3.63, 3.8) is 0 Å². The van der Waals surface area contributed by atoms with Gasteiger partial charge in [0.15, 0.2) is 11.5 Å². The van der Waals surface area contributed by atoms with Crippen LogP contribution in [0.1, 0.15) is 17.3 Å². The molecule has 7 heteroatoms. The Morgan fingerprint density at radius 2 is 1.86 bits per heavy atom. The number of amides is 2. The van der Waals surface area contributed by atoms with Gasteiger partial charge in [0.2, 0.25) is 5.91 Å². The highest BCUT2D eigenvalue weighted by Crippen LogP contribution is 2.33. The monoisotopic (exact) mass is 400 g/mol. The molecule has 6 nitrogen and oxygen atoms in total. The number of ether oxygens (including phenoxy) is 2. The lowest BCUT2D eigenvalue weighted by Gasteiger charge is -2.15. The van der Waals surface area contributed by atoms with Crippen molar-refractivity contribution in [2.24, 2.45) is 0 Å². The molecule has 0 bridgehead atoms. The minimum atomic E-state index is -0.387. The summed E-state index contributed by atoms with van der Waals surface area (Å²) in [6.07, 6.45) is 1.60. The summed E-state index contributed by atoms with van der Waals surface area (Å²) in [5.41, 5.74) is 0.870. The lowest BCUT2D eigenvalue weighted by Crippen LogP contribution is -2.27. The van der Waals surface area contributed by atoms with Gasteiger partial charge in [-0.1, -0.05) is 18.2 Å². The fraction of sp³-hybridized carbons (Fsp3) is 0.238. The van der Waals surface area contributed by atoms with Crippen LogP contribution in [0.3, 0.4) is 0 Å². The SMILES string of the molecule is C=CCNC(=O)c1ccccc1NC(=O)[C@@H](C)Sc1ccc(OC)c(OC)c1. The third-order valence-corrected chi connectivity index (χ3v) is 4.97. The maximum absolute atomic E-state index is 12.6. The molecule has 0 fully saturated rings. The van der Waals surface area contributed by atoms with Crippen molar-refractivity contribution in [2.75, 3.05) is 26.1 Å². The molecule has 2 aromatic carbocycles. The number of methoxy groups -OCH3 is 2. The van der Waals surface area contributed by atoms with Gasteiger partial charge in [-0.15, -0.1) is 18.3 Å². The molecule has 0 saturated carbocycles. The highest BCUT2D eigenvalue weighted by atomic mass is 32.2. The van der Waals surface area contributed by atoms with Crippen molar-refractivity contribution < 1.29 is 19.1 Å². The Kier molecular flexibility index (Phi) is 7.95. The number of thioether (sulfide) groups is 1. The van der Waals surface area contributed by atoms with E-state index in [0.717, 1.165) is 4.90 Å². The third-order valence-electron chi connectivity index (χ3n) is 3.87. The van der Waals surface area contributed by atoms with E-state index in [2.05, 4.69) is 17.2 Å². The maximum Gasteiger partial charge on any atom is 0.253 e. The number of para-hydroxylation sites is 1. The molecule has 0 heterocycles. The Hall–Kier alpha value is -2.93. The second-order valence-electron chi connectivity index (χ2n) is 5.81. The van der Waals surface area contributed by atoms with Gasteiger partial charge >= 0.3 is 0 Å². The number of anilines is 1. The molecule has 0 aliphatic rings. The summed E-state index contributed by atoms with van der Waals surface area (Å²) in [6, 6.07) is 12.4. The predicted octanol–water partition coefficient (Wildman–Crippen LogP) is 3.74. The summed E-state index contributed by atoms with van der Waals surface area (Å²) in [5.74, 6) is 0.757. The lowest BCUT2D eigenvalue weighted by molar-refractivity contribution is -0.115. The minimum absolute atomic E-state index is 0.205. The van der Waals surface area contributed by atoms with E-state index in [0.29, 0.717) is 29.3 Å². The first-order valence-corrected chi connectivity index (χ1v) is 9.55. The predicted molar refractivity (Wildman–Crippen MR) is 112 cm³/mol. The van der Waals surface area contributed by atoms with Crippen LogP contribution in [0.2, 0.25) is 0 Å². The zero-order chi connectivity index (χ0) is 20.5. The van der Waals surface area contributed by atoms with Crippen molar-refractivity contribution in [3.05, 3.63) is 60.7 Å². The molecule has 0 radical (unpaired) electrons. The number of carbonyl (C=O) groups excluding carboxylic acids is 2. The van der Waals surface area contributed by atoms with Crippen molar-refractivity contribution in [2.45, 2.75) is 17.1 Å². The summed E-state index contributed by atoms with van der Waals surface area (Å²) < 4.78 is 10.5. The Bertz CT molecular complexity index is 854. The maximum atomic E-state index is 12.6. The summed E-state index contributed by atoms with van der Waals surface area (Å²) in [6.45, 7) is 5.74. The highest BCUT2D eigenvalue weighted by Gasteiger charge is 2.18. The van der Waals surface area contributed by atoms with E-state index in [1.54, 1.807) is 57.6 Å². The van der Waals surface area contributed by atoms with E-state index in [1.165, 1.54) is 11.8 Å². The normalized spacial score (nSPS) is 11.2. The van der Waals surface area contributed by atoms with Crippen LogP contribution < -0.4 is 20.1 Å². The number of benzene rings is 2. The molecule has 2 aromatic rings. The number of hydrogen-bond acceptors (Lipinski definition) is 5. The second-order valence-corrected chi connectivity index (χ2v) is 7.22. The Morgan fingerprint density at radius 3 is 2.54 bits per heavy atom. The Balaban J connectivity index is 2.09. The molecule has 28 heavy (non-hydrogen) atoms. The van der Waals surface area contributed by atoms with Gasteiger partial charge < -0.3 is 20.1 Å². The van der Waals surface area contributed by atoms with Gasteiger partial charge in [-0.3, -0.25) is 9.59 Å². The van der Waals surface area contributed by atoms with Crippen LogP contribution in [0, 0.1) is 0 Å². The Labute approximate surface area is 169 Å². The molecule has 0 aromatic heterocycles. The zero-order valence-electron chi connectivity index (χ0n) is 16.2. The summed E-state index contributed by atoms with van der Waals surface area (Å²) in [7, 11) is 3.14. The quantitative estimate of drug-likeness (QED) is 0.495. The standard InChI is InChI=1S/C21H24N2O4S/c1-5-12-22-21(25)16-8-6-7-9-17(16)23-20(24)14(2)28-15-10-11-18(26-3)19(13-15)27-4/h5-11,13-14H,1,12H2,2-4H3,(H,22,25)(H,23,24)/t14-/m1/s1. The van der Waals surface area contributed by atoms with Crippen molar-refractivity contribution >= 4 is 29.3 Å². The summed E-state index contributed by atoms with van der Waals surface area (Å²) >= 11 is 1.39. The van der Waals surface area contributed by atoms with Crippen molar-refractivity contribution in [1.82, 2.24) is 5.32 Å². The van der Waals surface area contributed by atoms with Gasteiger partial charge in [-0.05, 0) is 37.3 Å². The molecule has 2 N–H and O–H groups in total. The first-order valence-electron chi connectivity index (χ1n) is 8.67. The molecule has 0 aliphatic heterocycles. The third kappa shape index (κ3) is 5.53. The lowest BCUT2D eigenvalue weighted by atomic mass is 10.1. The molecule has 0 unspecified atom stereocenters. The second kappa shape index (κ2) is 10.4. The number of nitrogens with one attached hydrogen (secondary N) is 2. The van der Waals surface area contributed by atoms with Crippen LogP contribution in [-0.4, -0.2) is 37.8 Å². The molecule has 0 spiro atoms. The van der Waals surface area contributed by atoms with Gasteiger partial charge in [-0.25, -0.2) is 0 Å². The van der Waals surface area contributed by atoms with E-state index in [4.69, 9.17) is 9.47 Å². The van der Waals surface area contributed by atoms with Crippen LogP contribution in [0.4, 0.5) is 5.69 Å². The smallest absolute Gasteiger partial charge is 0.253 e. The van der Waals surface area contributed by atoms with Gasteiger partial charge in [0.1, 0.15) is 0 Å². The van der Waals surface area contributed by atoms with Crippen LogP contribution in [-0.2, 0) is 4.79 Å². The largest absolute Gasteiger partial charge is 0.493 e. The van der Waals surface area contributed by atoms with Gasteiger partial charge in [0.25, 0.3) is 5.91 Å². The molecular weight excluding hydrogens is 376 g/mol. The van der Waals surface area contributed by atoms with Crippen LogP contribution in [0.5, 0.6) is 11.5 Å². The molecule has 0 aliphatic carbocycles. The van der Waals surface area contributed by atoms with Crippen molar-refractivity contribution in [3.8, 4) is 11.5 Å². The Morgan fingerprint density at radius 1 is 1.14 bits per heavy atom. The van der Waals surface area contributed by atoms with Crippen LogP contribution >= 0.6 is 11.8 Å². The fourth-order valence-corrected chi connectivity index (χ4v) is 3.33. The number of carbonyl (C=O) groups is 2. The highest BCUT2D eigenvalue weighted by molar-refractivity contribution is 8.00. The average molecular weight is 401 g/mol. The molecule has 148 valence electrons. The van der Waals surface area contributed by atoms with Crippen molar-refractivity contribution in [1.29, 1.82) is 0 Å². The van der Waals surface area contributed by atoms with E-state index < -0.39 is 0 Å². The molecule has 2 amide bonds. The summed E-state index contributed by atoms with van der Waals surface area (Å²) in [4.78, 5) is 25.8. The average Bonchev–Trinajstić information content (AvgIpc) is 2.72. The number of hydrogen-bond donors (Lipinski definition) is 2. The number of rotatable bonds is 9. The van der Waals surface area contributed by atoms with E-state index in [-0.39, 0.29) is 17.1 Å². The van der Waals surface area contributed by atoms with Crippen LogP contribution in [0.25, 0.3) is 0 Å². The van der Waals surface area contributed by atoms with E-state index in [9.17, 15) is 9.59 Å². The molecular formula is C21H24N2O4S. The summed E-state index contributed by atoms with van der Waals surface area (Å²) in [5, 5.41) is 5.17. The first-order chi connectivity index (χ1) is 13.5. The molecule has 0 saturated heterocycles.